The molecule has 0 radical (unpaired) electrons. The van der Waals surface area contributed by atoms with Gasteiger partial charge in [-0.1, -0.05) is 23.7 Å². The smallest absolute Gasteiger partial charge is 0.221 e. The van der Waals surface area contributed by atoms with E-state index in [1.54, 1.807) is 0 Å². The number of halogens is 1. The van der Waals surface area contributed by atoms with Crippen LogP contribution in [0.5, 0.6) is 0 Å². The summed E-state index contributed by atoms with van der Waals surface area (Å²) in [6.07, 6.45) is 0.00333. The van der Waals surface area contributed by atoms with Gasteiger partial charge in [0.05, 0.1) is 6.54 Å². The highest BCUT2D eigenvalue weighted by Gasteiger charge is 2.33. The molecule has 2 aromatic carbocycles. The van der Waals surface area contributed by atoms with Gasteiger partial charge in [-0.3, -0.25) is 9.79 Å². The predicted molar refractivity (Wildman–Crippen MR) is 96.7 cm³/mol. The molecule has 0 spiro atoms. The number of amidine groups is 1. The molecule has 2 heterocycles. The number of fused-ring (bicyclic) bond motifs is 3. The molecule has 2 aliphatic rings. The second-order valence-electron chi connectivity index (χ2n) is 5.94. The Morgan fingerprint density at radius 3 is 2.83 bits per heavy atom. The third-order valence-corrected chi connectivity index (χ3v) is 4.48. The van der Waals surface area contributed by atoms with E-state index in [2.05, 4.69) is 20.5 Å². The van der Waals surface area contributed by atoms with Gasteiger partial charge in [-0.25, -0.2) is 0 Å². The zero-order chi connectivity index (χ0) is 16.7. The highest BCUT2D eigenvalue weighted by atomic mass is 35.5. The third kappa shape index (κ3) is 2.61. The van der Waals surface area contributed by atoms with Crippen LogP contribution in [0, 0.1) is 0 Å². The second-order valence-corrected chi connectivity index (χ2v) is 6.38. The molecule has 4 rings (SSSR count). The van der Waals surface area contributed by atoms with E-state index in [4.69, 9.17) is 11.6 Å². The van der Waals surface area contributed by atoms with Crippen molar-refractivity contribution < 1.29 is 4.79 Å². The maximum absolute atomic E-state index is 11.2. The first kappa shape index (κ1) is 15.0. The Balaban J connectivity index is 1.69. The molecule has 0 saturated heterocycles. The summed E-state index contributed by atoms with van der Waals surface area (Å²) >= 11 is 6.15. The molecule has 2 aliphatic heterocycles. The van der Waals surface area contributed by atoms with E-state index in [-0.39, 0.29) is 12.1 Å². The van der Waals surface area contributed by atoms with Crippen molar-refractivity contribution in [2.24, 2.45) is 4.99 Å². The first-order valence-electron chi connectivity index (χ1n) is 7.87. The van der Waals surface area contributed by atoms with Crippen LogP contribution in [0.4, 0.5) is 11.4 Å². The summed E-state index contributed by atoms with van der Waals surface area (Å²) in [5.74, 6) is 0.937. The molecule has 0 saturated carbocycles. The Kier molecular flexibility index (Phi) is 3.65. The van der Waals surface area contributed by atoms with Gasteiger partial charge < -0.3 is 15.5 Å². The number of hydrogen-bond acceptors (Lipinski definition) is 4. The molecule has 0 aromatic heterocycles. The molecule has 0 aliphatic carbocycles. The summed E-state index contributed by atoms with van der Waals surface area (Å²) in [6.45, 7) is 3.17. The Hall–Kier alpha value is -2.53. The van der Waals surface area contributed by atoms with Crippen LogP contribution in [0.2, 0.25) is 5.02 Å². The van der Waals surface area contributed by atoms with Crippen LogP contribution in [0.25, 0.3) is 0 Å². The van der Waals surface area contributed by atoms with E-state index >= 15 is 0 Å². The number of nitrogens with one attached hydrogen (secondary N) is 2. The lowest BCUT2D eigenvalue weighted by Crippen LogP contribution is -2.41. The molecule has 2 aromatic rings. The maximum atomic E-state index is 11.2. The van der Waals surface area contributed by atoms with Crippen LogP contribution in [0.3, 0.4) is 0 Å². The molecule has 2 N–H and O–H groups in total. The van der Waals surface area contributed by atoms with Crippen molar-refractivity contribution >= 4 is 34.7 Å². The van der Waals surface area contributed by atoms with Gasteiger partial charge in [0.15, 0.2) is 0 Å². The van der Waals surface area contributed by atoms with Crippen molar-refractivity contribution in [2.45, 2.75) is 13.1 Å². The van der Waals surface area contributed by atoms with Gasteiger partial charge in [-0.15, -0.1) is 0 Å². The maximum Gasteiger partial charge on any atom is 0.221 e. The van der Waals surface area contributed by atoms with Crippen molar-refractivity contribution in [2.75, 3.05) is 23.7 Å². The number of anilines is 2. The molecular formula is C18H17ClN4O. The number of carbonyl (C=O) groups is 1. The van der Waals surface area contributed by atoms with Gasteiger partial charge in [0, 0.05) is 35.4 Å². The van der Waals surface area contributed by atoms with Crippen LogP contribution in [0.15, 0.2) is 47.5 Å². The topological polar surface area (TPSA) is 56.7 Å². The van der Waals surface area contributed by atoms with Crippen LogP contribution >= 0.6 is 11.6 Å². The van der Waals surface area contributed by atoms with Gasteiger partial charge in [0.2, 0.25) is 5.91 Å². The zero-order valence-corrected chi connectivity index (χ0v) is 14.0. The summed E-state index contributed by atoms with van der Waals surface area (Å²) in [6, 6.07) is 13.7. The lowest BCUT2D eigenvalue weighted by molar-refractivity contribution is -0.114. The molecule has 0 unspecified atom stereocenters. The molecular weight excluding hydrogens is 324 g/mol. The predicted octanol–water partition coefficient (Wildman–Crippen LogP) is 3.48. The fraction of sp³-hybridized carbons (Fsp3) is 0.222. The van der Waals surface area contributed by atoms with E-state index in [1.165, 1.54) is 6.92 Å². The van der Waals surface area contributed by atoms with Gasteiger partial charge in [0.1, 0.15) is 12.0 Å². The standard InChI is InChI=1S/C18H17ClN4O/c1-11(24)21-14-5-2-12(3-6-14)17-22-16-10-13(19)4-7-15(16)18-20-8-9-23(17)18/h2-7,10,17,22H,8-9H2,1H3,(H,21,24)/t17-/m0/s1. The Morgan fingerprint density at radius 1 is 1.29 bits per heavy atom. The normalized spacial score (nSPS) is 18.3. The zero-order valence-electron chi connectivity index (χ0n) is 13.2. The molecule has 5 nitrogen and oxygen atoms in total. The number of hydrogen-bond donors (Lipinski definition) is 2. The van der Waals surface area contributed by atoms with Gasteiger partial charge in [-0.05, 0) is 35.9 Å². The summed E-state index contributed by atoms with van der Waals surface area (Å²) in [4.78, 5) is 18.1. The number of carbonyl (C=O) groups excluding carboxylic acids is 1. The quantitative estimate of drug-likeness (QED) is 0.880. The molecule has 1 amide bonds. The first-order valence-corrected chi connectivity index (χ1v) is 8.25. The van der Waals surface area contributed by atoms with Crippen molar-refractivity contribution in [1.82, 2.24) is 4.90 Å². The number of benzene rings is 2. The van der Waals surface area contributed by atoms with E-state index in [9.17, 15) is 4.79 Å². The monoisotopic (exact) mass is 340 g/mol. The Morgan fingerprint density at radius 2 is 2.08 bits per heavy atom. The van der Waals surface area contributed by atoms with Crippen LogP contribution in [-0.2, 0) is 4.79 Å². The molecule has 1 atom stereocenters. The molecule has 24 heavy (non-hydrogen) atoms. The second kappa shape index (κ2) is 5.83. The Labute approximate surface area is 145 Å². The van der Waals surface area contributed by atoms with E-state index in [0.717, 1.165) is 41.4 Å². The van der Waals surface area contributed by atoms with Gasteiger partial charge >= 0.3 is 0 Å². The van der Waals surface area contributed by atoms with Crippen molar-refractivity contribution in [3.05, 3.63) is 58.6 Å². The average molecular weight is 341 g/mol. The van der Waals surface area contributed by atoms with E-state index in [0.29, 0.717) is 5.02 Å². The lowest BCUT2D eigenvalue weighted by Gasteiger charge is -2.37. The SMILES string of the molecule is CC(=O)Nc1ccc([C@H]2Nc3cc(Cl)ccc3C3=NCCN32)cc1. The van der Waals surface area contributed by atoms with E-state index in [1.807, 2.05) is 42.5 Å². The minimum absolute atomic E-state index is 0.00333. The molecule has 0 bridgehead atoms. The Bertz CT molecular complexity index is 831. The summed E-state index contributed by atoms with van der Waals surface area (Å²) in [5, 5.41) is 7.05. The number of aliphatic imine (C=N–C) groups is 1. The summed E-state index contributed by atoms with van der Waals surface area (Å²) in [7, 11) is 0. The van der Waals surface area contributed by atoms with Crippen LogP contribution < -0.4 is 10.6 Å². The minimum Gasteiger partial charge on any atom is -0.361 e. The first-order chi connectivity index (χ1) is 11.6. The highest BCUT2D eigenvalue weighted by molar-refractivity contribution is 6.31. The van der Waals surface area contributed by atoms with Gasteiger partial charge in [-0.2, -0.15) is 0 Å². The third-order valence-electron chi connectivity index (χ3n) is 4.25. The largest absolute Gasteiger partial charge is 0.361 e. The summed E-state index contributed by atoms with van der Waals surface area (Å²) in [5.41, 5.74) is 3.99. The lowest BCUT2D eigenvalue weighted by atomic mass is 10.0. The van der Waals surface area contributed by atoms with Crippen molar-refractivity contribution in [3.8, 4) is 0 Å². The van der Waals surface area contributed by atoms with Crippen LogP contribution in [0.1, 0.15) is 24.2 Å². The van der Waals surface area contributed by atoms with Gasteiger partial charge in [0.25, 0.3) is 0 Å². The van der Waals surface area contributed by atoms with Crippen LogP contribution in [-0.4, -0.2) is 29.7 Å². The van der Waals surface area contributed by atoms with E-state index < -0.39 is 0 Å². The molecule has 122 valence electrons. The number of amides is 1. The average Bonchev–Trinajstić information content (AvgIpc) is 3.04. The van der Waals surface area contributed by atoms with Crippen molar-refractivity contribution in [1.29, 1.82) is 0 Å². The summed E-state index contributed by atoms with van der Waals surface area (Å²) < 4.78 is 0. The highest BCUT2D eigenvalue weighted by Crippen LogP contribution is 2.36. The molecule has 6 heteroatoms. The fourth-order valence-corrected chi connectivity index (χ4v) is 3.40. The molecule has 0 fully saturated rings. The minimum atomic E-state index is -0.0731. The number of rotatable bonds is 2. The number of nitrogens with zero attached hydrogens (tertiary/aromatic N) is 2. The fourth-order valence-electron chi connectivity index (χ4n) is 3.22. The van der Waals surface area contributed by atoms with Crippen molar-refractivity contribution in [3.63, 3.8) is 0 Å².